The summed E-state index contributed by atoms with van der Waals surface area (Å²) in [5.41, 5.74) is 0. The van der Waals surface area contributed by atoms with Gasteiger partial charge >= 0.3 is 60.8 Å². The molecule has 12 heavy (non-hydrogen) atoms. The predicted octanol–water partition coefficient (Wildman–Crippen LogP) is 0.662. The number of hydrogen-bond donors (Lipinski definition) is 2. The van der Waals surface area contributed by atoms with Gasteiger partial charge in [-0.25, -0.2) is 0 Å². The molecule has 2 N–H and O–H groups in total. The summed E-state index contributed by atoms with van der Waals surface area (Å²) in [6.45, 7) is 3.39. The van der Waals surface area contributed by atoms with Crippen molar-refractivity contribution in [1.82, 2.24) is 0 Å². The van der Waals surface area contributed by atoms with Crippen molar-refractivity contribution < 1.29 is 22.7 Å². The number of carbonyl (C=O) groups is 2. The first kappa shape index (κ1) is 15.0. The summed E-state index contributed by atoms with van der Waals surface area (Å²) >= 11 is 0. The molecule has 0 aromatic rings. The molecule has 0 bridgehead atoms. The molecule has 0 spiro atoms. The van der Waals surface area contributed by atoms with Crippen molar-refractivity contribution in [1.29, 1.82) is 0 Å². The van der Waals surface area contributed by atoms with E-state index in [0.29, 0.717) is 6.42 Å². The maximum absolute atomic E-state index is 10.4. The van der Waals surface area contributed by atoms with Crippen LogP contribution in [0.15, 0.2) is 0 Å². The van der Waals surface area contributed by atoms with Crippen LogP contribution in [-0.2, 0) is 9.59 Å². The standard InChI is InChI=1S/C7H12O4.Ba.2H/c1-3-4(2)5(6(8)9)7(10)11;;;/h4-5H,3H2,1-2H3,(H,8,9)(H,10,11);;;/q;+2;2*-1. The summed E-state index contributed by atoms with van der Waals surface area (Å²) in [7, 11) is 0. The van der Waals surface area contributed by atoms with Crippen LogP contribution in [0.25, 0.3) is 0 Å². The van der Waals surface area contributed by atoms with Gasteiger partial charge in [0, 0.05) is 0 Å². The van der Waals surface area contributed by atoms with Gasteiger partial charge in [-0.3, -0.25) is 9.59 Å². The maximum Gasteiger partial charge on any atom is 2.00 e. The van der Waals surface area contributed by atoms with E-state index in [4.69, 9.17) is 10.2 Å². The maximum atomic E-state index is 10.4. The Morgan fingerprint density at radius 3 is 1.75 bits per heavy atom. The number of carboxylic acids is 2. The van der Waals surface area contributed by atoms with Crippen LogP contribution in [0.1, 0.15) is 23.1 Å². The zero-order chi connectivity index (χ0) is 9.02. The van der Waals surface area contributed by atoms with Gasteiger partial charge in [0.05, 0.1) is 0 Å². The zero-order valence-electron chi connectivity index (χ0n) is 9.28. The van der Waals surface area contributed by atoms with E-state index in [-0.39, 0.29) is 57.7 Å². The molecule has 0 fully saturated rings. The molecule has 0 saturated carbocycles. The van der Waals surface area contributed by atoms with E-state index in [1.54, 1.807) is 13.8 Å². The molecule has 68 valence electrons. The molecule has 0 aliphatic rings. The first-order chi connectivity index (χ1) is 5.00. The summed E-state index contributed by atoms with van der Waals surface area (Å²) < 4.78 is 0. The Balaban J connectivity index is -0.000000167. The van der Waals surface area contributed by atoms with Crippen LogP contribution < -0.4 is 0 Å². The van der Waals surface area contributed by atoms with Gasteiger partial charge < -0.3 is 13.1 Å². The molecule has 0 saturated heterocycles. The molecule has 4 nitrogen and oxygen atoms in total. The monoisotopic (exact) mass is 300 g/mol. The Labute approximate surface area is 114 Å². The Hall–Kier alpha value is 0.511. The Bertz CT molecular complexity index is 163. The van der Waals surface area contributed by atoms with Gasteiger partial charge in [0.15, 0.2) is 5.92 Å². The second kappa shape index (κ2) is 6.97. The smallest absolute Gasteiger partial charge is 1.00 e. The molecule has 0 aromatic heterocycles. The van der Waals surface area contributed by atoms with E-state index in [1.807, 2.05) is 0 Å². The molecular formula is C7H14BaO4. The summed E-state index contributed by atoms with van der Waals surface area (Å²) in [5, 5.41) is 16.9. The summed E-state index contributed by atoms with van der Waals surface area (Å²) in [5.74, 6) is -4.09. The van der Waals surface area contributed by atoms with Crippen LogP contribution in [0, 0.1) is 11.8 Å². The molecule has 0 aliphatic heterocycles. The van der Waals surface area contributed by atoms with E-state index in [1.165, 1.54) is 0 Å². The van der Waals surface area contributed by atoms with Crippen molar-refractivity contribution in [2.24, 2.45) is 11.8 Å². The average Bonchev–Trinajstić information content (AvgIpc) is 1.85. The van der Waals surface area contributed by atoms with Gasteiger partial charge in [0.1, 0.15) is 0 Å². The molecule has 1 unspecified atom stereocenters. The fraction of sp³-hybridized carbons (Fsp3) is 0.714. The minimum atomic E-state index is -1.26. The number of rotatable bonds is 4. The van der Waals surface area contributed by atoms with Crippen LogP contribution >= 0.6 is 0 Å². The molecule has 0 aliphatic carbocycles. The van der Waals surface area contributed by atoms with Crippen molar-refractivity contribution in [2.75, 3.05) is 0 Å². The number of aliphatic carboxylic acids is 2. The molecule has 0 aromatic carbocycles. The molecule has 1 atom stereocenters. The first-order valence-electron chi connectivity index (χ1n) is 3.46. The third-order valence-electron chi connectivity index (χ3n) is 1.75. The summed E-state index contributed by atoms with van der Waals surface area (Å²) in [4.78, 5) is 20.7. The van der Waals surface area contributed by atoms with Gasteiger partial charge in [-0.05, 0) is 5.92 Å². The van der Waals surface area contributed by atoms with Crippen molar-refractivity contribution in [2.45, 2.75) is 20.3 Å². The third-order valence-corrected chi connectivity index (χ3v) is 1.75. The molecular weight excluding hydrogens is 285 g/mol. The minimum Gasteiger partial charge on any atom is -1.00 e. The normalized spacial score (nSPS) is 11.9. The Kier molecular flexibility index (Phi) is 8.71. The van der Waals surface area contributed by atoms with Gasteiger partial charge in [-0.2, -0.15) is 0 Å². The molecule has 0 amide bonds. The van der Waals surface area contributed by atoms with Crippen molar-refractivity contribution in [3.63, 3.8) is 0 Å². The quantitative estimate of drug-likeness (QED) is 0.591. The van der Waals surface area contributed by atoms with E-state index in [2.05, 4.69) is 0 Å². The number of carboxylic acid groups (broad SMARTS) is 2. The van der Waals surface area contributed by atoms with E-state index in [9.17, 15) is 9.59 Å². The van der Waals surface area contributed by atoms with Crippen molar-refractivity contribution in [3.8, 4) is 0 Å². The second-order valence-corrected chi connectivity index (χ2v) is 2.54. The van der Waals surface area contributed by atoms with Crippen LogP contribution in [0.3, 0.4) is 0 Å². The molecule has 0 rings (SSSR count). The summed E-state index contributed by atoms with van der Waals surface area (Å²) in [6.07, 6.45) is 0.559. The van der Waals surface area contributed by atoms with E-state index in [0.717, 1.165) is 0 Å². The zero-order valence-corrected chi connectivity index (χ0v) is 11.7. The molecule has 5 heteroatoms. The summed E-state index contributed by atoms with van der Waals surface area (Å²) in [6, 6.07) is 0. The molecule has 0 heterocycles. The second-order valence-electron chi connectivity index (χ2n) is 2.54. The average molecular weight is 300 g/mol. The van der Waals surface area contributed by atoms with Gasteiger partial charge in [-0.1, -0.05) is 20.3 Å². The topological polar surface area (TPSA) is 74.6 Å². The SMILES string of the molecule is CCC(C)C(C(=O)O)C(=O)O.[Ba+2].[H-].[H-]. The van der Waals surface area contributed by atoms with Crippen molar-refractivity contribution >= 4 is 60.8 Å². The minimum absolute atomic E-state index is 0. The largest absolute Gasteiger partial charge is 2.00 e. The van der Waals surface area contributed by atoms with Crippen LogP contribution in [0.2, 0.25) is 0 Å². The van der Waals surface area contributed by atoms with Gasteiger partial charge in [-0.15, -0.1) is 0 Å². The van der Waals surface area contributed by atoms with E-state index < -0.39 is 17.9 Å². The van der Waals surface area contributed by atoms with Crippen molar-refractivity contribution in [3.05, 3.63) is 0 Å². The predicted molar refractivity (Wildman–Crippen MR) is 46.2 cm³/mol. The van der Waals surface area contributed by atoms with Gasteiger partial charge in [0.25, 0.3) is 0 Å². The Morgan fingerprint density at radius 2 is 1.67 bits per heavy atom. The third kappa shape index (κ3) is 4.52. The van der Waals surface area contributed by atoms with Crippen LogP contribution in [0.4, 0.5) is 0 Å². The fourth-order valence-electron chi connectivity index (χ4n) is 0.828. The van der Waals surface area contributed by atoms with Crippen LogP contribution in [-0.4, -0.2) is 71.0 Å². The Morgan fingerprint density at radius 1 is 1.33 bits per heavy atom. The molecule has 0 radical (unpaired) electrons. The first-order valence-corrected chi connectivity index (χ1v) is 3.46. The number of hydrogen-bond acceptors (Lipinski definition) is 2. The fourth-order valence-corrected chi connectivity index (χ4v) is 0.828. The van der Waals surface area contributed by atoms with Crippen LogP contribution in [0.5, 0.6) is 0 Å². The van der Waals surface area contributed by atoms with Gasteiger partial charge in [0.2, 0.25) is 0 Å². The van der Waals surface area contributed by atoms with E-state index >= 15 is 0 Å².